The first-order valence-corrected chi connectivity index (χ1v) is 6.67. The van der Waals surface area contributed by atoms with Crippen LogP contribution < -0.4 is 5.73 Å². The molecule has 0 bridgehead atoms. The Morgan fingerprint density at radius 3 is 2.35 bits per heavy atom. The van der Waals surface area contributed by atoms with Gasteiger partial charge in [0.1, 0.15) is 0 Å². The van der Waals surface area contributed by atoms with E-state index in [1.165, 1.54) is 16.7 Å². The smallest absolute Gasteiger partial charge is 0.0897 e. The SMILES string of the molecule is Cc1cc(C)cc(C(N)Cc2csc(C)n2)c1. The molecule has 1 aromatic carbocycles. The van der Waals surface area contributed by atoms with Crippen LogP contribution in [0.1, 0.15) is 33.4 Å². The molecule has 0 saturated heterocycles. The van der Waals surface area contributed by atoms with Crippen molar-refractivity contribution in [2.45, 2.75) is 33.2 Å². The zero-order chi connectivity index (χ0) is 12.4. The zero-order valence-electron chi connectivity index (χ0n) is 10.5. The quantitative estimate of drug-likeness (QED) is 0.902. The Hall–Kier alpha value is -1.19. The molecule has 2 N–H and O–H groups in total. The molecule has 0 spiro atoms. The molecule has 3 heteroatoms. The summed E-state index contributed by atoms with van der Waals surface area (Å²) in [6.07, 6.45) is 0.813. The lowest BCUT2D eigenvalue weighted by Crippen LogP contribution is -2.14. The maximum atomic E-state index is 6.24. The second kappa shape index (κ2) is 4.98. The highest BCUT2D eigenvalue weighted by molar-refractivity contribution is 7.09. The molecular weight excluding hydrogens is 228 g/mol. The van der Waals surface area contributed by atoms with Gasteiger partial charge in [0.05, 0.1) is 10.7 Å². The van der Waals surface area contributed by atoms with Crippen LogP contribution >= 0.6 is 11.3 Å². The van der Waals surface area contributed by atoms with E-state index in [0.717, 1.165) is 17.1 Å². The van der Waals surface area contributed by atoms with Crippen molar-refractivity contribution in [1.29, 1.82) is 0 Å². The maximum Gasteiger partial charge on any atom is 0.0897 e. The van der Waals surface area contributed by atoms with Crippen molar-refractivity contribution in [1.82, 2.24) is 4.98 Å². The van der Waals surface area contributed by atoms with Gasteiger partial charge in [0.2, 0.25) is 0 Å². The third-order valence-electron chi connectivity index (χ3n) is 2.77. The fourth-order valence-electron chi connectivity index (χ4n) is 2.07. The van der Waals surface area contributed by atoms with Crippen LogP contribution in [0.2, 0.25) is 0 Å². The molecular formula is C14H18N2S. The summed E-state index contributed by atoms with van der Waals surface area (Å²) >= 11 is 1.68. The predicted molar refractivity (Wildman–Crippen MR) is 73.4 cm³/mol. The van der Waals surface area contributed by atoms with Crippen LogP contribution in [0.25, 0.3) is 0 Å². The molecule has 0 aliphatic rings. The van der Waals surface area contributed by atoms with Crippen molar-refractivity contribution in [3.8, 4) is 0 Å². The molecule has 0 aliphatic heterocycles. The maximum absolute atomic E-state index is 6.24. The fourth-order valence-corrected chi connectivity index (χ4v) is 2.69. The number of nitrogens with zero attached hydrogens (tertiary/aromatic N) is 1. The predicted octanol–water partition coefficient (Wildman–Crippen LogP) is 3.31. The van der Waals surface area contributed by atoms with E-state index in [1.54, 1.807) is 11.3 Å². The lowest BCUT2D eigenvalue weighted by molar-refractivity contribution is 0.707. The first-order chi connectivity index (χ1) is 8.04. The molecule has 0 fully saturated rings. The van der Waals surface area contributed by atoms with Crippen molar-refractivity contribution in [3.05, 3.63) is 51.0 Å². The minimum atomic E-state index is 0.0371. The van der Waals surface area contributed by atoms with E-state index in [1.807, 2.05) is 6.92 Å². The van der Waals surface area contributed by atoms with Crippen LogP contribution in [0.15, 0.2) is 23.6 Å². The Balaban J connectivity index is 2.16. The van der Waals surface area contributed by atoms with Crippen LogP contribution in [0, 0.1) is 20.8 Å². The zero-order valence-corrected chi connectivity index (χ0v) is 11.3. The van der Waals surface area contributed by atoms with Crippen LogP contribution in [0.5, 0.6) is 0 Å². The molecule has 1 unspecified atom stereocenters. The molecule has 90 valence electrons. The Morgan fingerprint density at radius 1 is 1.18 bits per heavy atom. The molecule has 0 amide bonds. The summed E-state index contributed by atoms with van der Waals surface area (Å²) in [5, 5.41) is 3.20. The van der Waals surface area contributed by atoms with Gasteiger partial charge in [-0.3, -0.25) is 0 Å². The number of aryl methyl sites for hydroxylation is 3. The van der Waals surface area contributed by atoms with Gasteiger partial charge >= 0.3 is 0 Å². The lowest BCUT2D eigenvalue weighted by Gasteiger charge is -2.12. The van der Waals surface area contributed by atoms with Gasteiger partial charge in [-0.2, -0.15) is 0 Å². The van der Waals surface area contributed by atoms with Crippen molar-refractivity contribution in [2.24, 2.45) is 5.73 Å². The highest BCUT2D eigenvalue weighted by Crippen LogP contribution is 2.20. The van der Waals surface area contributed by atoms with Gasteiger partial charge in [-0.25, -0.2) is 4.98 Å². The van der Waals surface area contributed by atoms with Gasteiger partial charge in [-0.1, -0.05) is 29.3 Å². The summed E-state index contributed by atoms with van der Waals surface area (Å²) in [5.74, 6) is 0. The van der Waals surface area contributed by atoms with Gasteiger partial charge in [-0.15, -0.1) is 11.3 Å². The number of nitrogens with two attached hydrogens (primary N) is 1. The van der Waals surface area contributed by atoms with Gasteiger partial charge < -0.3 is 5.73 Å². The summed E-state index contributed by atoms with van der Waals surface area (Å²) in [6, 6.07) is 6.53. The third-order valence-corrected chi connectivity index (χ3v) is 3.59. The Bertz CT molecular complexity index is 496. The number of hydrogen-bond acceptors (Lipinski definition) is 3. The van der Waals surface area contributed by atoms with Gasteiger partial charge in [-0.05, 0) is 26.3 Å². The number of thiazole rings is 1. The van der Waals surface area contributed by atoms with E-state index in [-0.39, 0.29) is 6.04 Å². The Kier molecular flexibility index (Phi) is 3.60. The minimum Gasteiger partial charge on any atom is -0.324 e. The molecule has 1 atom stereocenters. The summed E-state index contributed by atoms with van der Waals surface area (Å²) in [4.78, 5) is 4.46. The van der Waals surface area contributed by atoms with E-state index < -0.39 is 0 Å². The van der Waals surface area contributed by atoms with E-state index >= 15 is 0 Å². The molecule has 2 rings (SSSR count). The Morgan fingerprint density at radius 2 is 1.82 bits per heavy atom. The molecule has 0 aliphatic carbocycles. The fraction of sp³-hybridized carbons (Fsp3) is 0.357. The van der Waals surface area contributed by atoms with E-state index in [4.69, 9.17) is 5.73 Å². The molecule has 2 aromatic rings. The summed E-state index contributed by atoms with van der Waals surface area (Å²) in [7, 11) is 0. The number of rotatable bonds is 3. The van der Waals surface area contributed by atoms with Crippen LogP contribution in [-0.2, 0) is 6.42 Å². The normalized spacial score (nSPS) is 12.7. The average Bonchev–Trinajstić information content (AvgIpc) is 2.62. The monoisotopic (exact) mass is 246 g/mol. The van der Waals surface area contributed by atoms with Crippen molar-refractivity contribution >= 4 is 11.3 Å². The number of benzene rings is 1. The second-order valence-corrected chi connectivity index (χ2v) is 5.65. The van der Waals surface area contributed by atoms with Gasteiger partial charge in [0, 0.05) is 17.8 Å². The van der Waals surface area contributed by atoms with Crippen molar-refractivity contribution in [2.75, 3.05) is 0 Å². The van der Waals surface area contributed by atoms with Crippen LogP contribution in [0.3, 0.4) is 0 Å². The van der Waals surface area contributed by atoms with E-state index in [2.05, 4.69) is 42.4 Å². The molecule has 1 aromatic heterocycles. The lowest BCUT2D eigenvalue weighted by atomic mass is 9.99. The standard InChI is InChI=1S/C14H18N2S/c1-9-4-10(2)6-12(5-9)14(15)7-13-8-17-11(3)16-13/h4-6,8,14H,7,15H2,1-3H3. The number of aromatic nitrogens is 1. The molecule has 17 heavy (non-hydrogen) atoms. The minimum absolute atomic E-state index is 0.0371. The summed E-state index contributed by atoms with van der Waals surface area (Å²) < 4.78 is 0. The highest BCUT2D eigenvalue weighted by Gasteiger charge is 2.10. The Labute approximate surface area is 107 Å². The van der Waals surface area contributed by atoms with Crippen molar-refractivity contribution < 1.29 is 0 Å². The first kappa shape index (κ1) is 12.3. The second-order valence-electron chi connectivity index (χ2n) is 4.59. The first-order valence-electron chi connectivity index (χ1n) is 5.79. The van der Waals surface area contributed by atoms with E-state index in [9.17, 15) is 0 Å². The van der Waals surface area contributed by atoms with Crippen molar-refractivity contribution in [3.63, 3.8) is 0 Å². The topological polar surface area (TPSA) is 38.9 Å². The molecule has 0 radical (unpaired) electrons. The average molecular weight is 246 g/mol. The van der Waals surface area contributed by atoms with Gasteiger partial charge in [0.25, 0.3) is 0 Å². The largest absolute Gasteiger partial charge is 0.324 e. The third kappa shape index (κ3) is 3.14. The molecule has 1 heterocycles. The summed E-state index contributed by atoms with van der Waals surface area (Å²) in [5.41, 5.74) is 11.1. The van der Waals surface area contributed by atoms with E-state index in [0.29, 0.717) is 0 Å². The highest BCUT2D eigenvalue weighted by atomic mass is 32.1. The van der Waals surface area contributed by atoms with Crippen LogP contribution in [-0.4, -0.2) is 4.98 Å². The molecule has 2 nitrogen and oxygen atoms in total. The summed E-state index contributed by atoms with van der Waals surface area (Å²) in [6.45, 7) is 6.24. The van der Waals surface area contributed by atoms with Crippen LogP contribution in [0.4, 0.5) is 0 Å². The molecule has 0 saturated carbocycles. The number of hydrogen-bond donors (Lipinski definition) is 1. The van der Waals surface area contributed by atoms with Gasteiger partial charge in [0.15, 0.2) is 0 Å².